The summed E-state index contributed by atoms with van der Waals surface area (Å²) < 4.78 is 33.3. The first-order valence-corrected chi connectivity index (χ1v) is 9.38. The van der Waals surface area contributed by atoms with Crippen LogP contribution in [0.3, 0.4) is 0 Å². The van der Waals surface area contributed by atoms with Crippen molar-refractivity contribution in [2.24, 2.45) is 35.0 Å². The van der Waals surface area contributed by atoms with Crippen LogP contribution >= 0.6 is 0 Å². The average Bonchev–Trinajstić information content (AvgIpc) is 2.85. The van der Waals surface area contributed by atoms with Gasteiger partial charge in [0.05, 0.1) is 11.7 Å². The molecule has 0 amide bonds. The fourth-order valence-corrected chi connectivity index (χ4v) is 6.85. The van der Waals surface area contributed by atoms with E-state index >= 15 is 0 Å². The monoisotopic (exact) mass is 310 g/mol. The van der Waals surface area contributed by atoms with E-state index in [1.807, 2.05) is 0 Å². The van der Waals surface area contributed by atoms with Crippen LogP contribution in [-0.4, -0.2) is 21.9 Å². The van der Waals surface area contributed by atoms with Gasteiger partial charge >= 0.3 is 0 Å². The second-order valence-corrected chi connectivity index (χ2v) is 8.64. The first kappa shape index (κ1) is 11.5. The van der Waals surface area contributed by atoms with Crippen LogP contribution in [0, 0.1) is 35.0 Å². The zero-order chi connectivity index (χ0) is 19.1. The van der Waals surface area contributed by atoms with Gasteiger partial charge in [-0.25, -0.2) is 0 Å². The Hall–Kier alpha value is -0.0800. The molecule has 4 aliphatic rings. The number of rotatable bonds is 1. The Morgan fingerprint density at radius 2 is 1.86 bits per heavy atom. The van der Waals surface area contributed by atoms with Crippen LogP contribution in [0.1, 0.15) is 83.4 Å². The topological polar surface area (TPSA) is 40.5 Å². The van der Waals surface area contributed by atoms with Gasteiger partial charge in [0.25, 0.3) is 0 Å². The van der Waals surface area contributed by atoms with Crippen LogP contribution in [0.25, 0.3) is 0 Å². The van der Waals surface area contributed by atoms with Gasteiger partial charge in [0.15, 0.2) is 0 Å². The van der Waals surface area contributed by atoms with Gasteiger partial charge in [-0.3, -0.25) is 0 Å². The smallest absolute Gasteiger partial charge is 0.0701 e. The molecule has 0 aromatic carbocycles. The van der Waals surface area contributed by atoms with Crippen molar-refractivity contribution in [3.63, 3.8) is 0 Å². The average molecular weight is 311 g/mol. The van der Waals surface area contributed by atoms with Gasteiger partial charge in [0.2, 0.25) is 0 Å². The third kappa shape index (κ3) is 1.99. The van der Waals surface area contributed by atoms with Crippen LogP contribution in [0.4, 0.5) is 0 Å². The number of fused-ring (bicyclic) bond motifs is 5. The maximum Gasteiger partial charge on any atom is 0.0701 e. The Kier molecular flexibility index (Phi) is 2.72. The molecule has 22 heavy (non-hydrogen) atoms. The molecule has 0 spiro atoms. The molecule has 2 heteroatoms. The molecule has 0 radical (unpaired) electrons. The molecule has 4 fully saturated rings. The molecular weight excluding hydrogens is 272 g/mol. The van der Waals surface area contributed by atoms with Gasteiger partial charge in [-0.2, -0.15) is 0 Å². The van der Waals surface area contributed by atoms with E-state index in [0.717, 1.165) is 44.9 Å². The van der Waals surface area contributed by atoms with Gasteiger partial charge in [-0.1, -0.05) is 13.8 Å². The Morgan fingerprint density at radius 3 is 2.64 bits per heavy atom. The molecule has 4 rings (SSSR count). The summed E-state index contributed by atoms with van der Waals surface area (Å²) in [7, 11) is 0. The van der Waals surface area contributed by atoms with E-state index in [-0.39, 0.29) is 23.7 Å². The van der Waals surface area contributed by atoms with E-state index in [9.17, 15) is 10.2 Å². The Balaban J connectivity index is 1.65. The number of aliphatic hydroxyl groups excluding tert-OH is 1. The minimum Gasteiger partial charge on any atom is -0.393 e. The fraction of sp³-hybridized carbons (Fsp3) is 1.00. The quantitative estimate of drug-likeness (QED) is 0.764. The highest BCUT2D eigenvalue weighted by atomic mass is 16.3. The molecule has 126 valence electrons. The van der Waals surface area contributed by atoms with Crippen molar-refractivity contribution in [1.29, 1.82) is 0 Å². The molecule has 0 aromatic heterocycles. The van der Waals surface area contributed by atoms with Crippen molar-refractivity contribution in [2.45, 2.75) is 89.7 Å². The number of hydrogen-bond donors (Lipinski definition) is 2. The molecule has 0 heterocycles. The summed E-state index contributed by atoms with van der Waals surface area (Å²) in [6, 6.07) is 0. The summed E-state index contributed by atoms with van der Waals surface area (Å²) in [6.07, 6.45) is 1.37. The molecule has 2 N–H and O–H groups in total. The Labute approximate surface area is 141 Å². The molecule has 0 aromatic rings. The lowest BCUT2D eigenvalue weighted by Crippen LogP contribution is -2.53. The minimum absolute atomic E-state index is 0.0158. The number of aliphatic hydroxyl groups is 2. The van der Waals surface area contributed by atoms with E-state index in [4.69, 9.17) is 5.48 Å². The van der Waals surface area contributed by atoms with Crippen LogP contribution in [0.2, 0.25) is 0 Å². The molecule has 4 saturated carbocycles. The third-order valence-corrected chi connectivity index (χ3v) is 8.20. The van der Waals surface area contributed by atoms with E-state index in [1.165, 1.54) is 0 Å². The summed E-state index contributed by atoms with van der Waals surface area (Å²) in [5.41, 5.74) is -0.632. The highest BCUT2D eigenvalue weighted by Crippen LogP contribution is 2.65. The fourth-order valence-electron chi connectivity index (χ4n) is 6.85. The summed E-state index contributed by atoms with van der Waals surface area (Å²) in [5, 5.41) is 21.5. The van der Waals surface area contributed by atoms with Gasteiger partial charge < -0.3 is 10.2 Å². The maximum atomic E-state index is 11.2. The first-order valence-electron chi connectivity index (χ1n) is 11.4. The second-order valence-electron chi connectivity index (χ2n) is 8.64. The van der Waals surface area contributed by atoms with Gasteiger partial charge in [-0.05, 0) is 99.1 Å². The highest BCUT2D eigenvalue weighted by Gasteiger charge is 2.61. The SMILES string of the molecule is [2H]C1([2H])C[C@@H]2[C@H]3CC[C@@]4(C)[C@@H](CC[C@@]4(O)CC)[C@@H]3CC[C@H]2C([2H])([2H])[C@@H]1O. The molecule has 0 aliphatic heterocycles. The van der Waals surface area contributed by atoms with Crippen LogP contribution in [-0.2, 0) is 0 Å². The summed E-state index contributed by atoms with van der Waals surface area (Å²) in [5.74, 6) is 1.05. The molecule has 0 saturated heterocycles. The predicted molar refractivity (Wildman–Crippen MR) is 88.4 cm³/mol. The van der Waals surface area contributed by atoms with Crippen LogP contribution < -0.4 is 0 Å². The number of hydrogen-bond acceptors (Lipinski definition) is 2. The normalized spacial score (nSPS) is 65.1. The first-order chi connectivity index (χ1) is 12.0. The van der Waals surface area contributed by atoms with Crippen molar-refractivity contribution in [3.05, 3.63) is 0 Å². The second kappa shape index (κ2) is 5.21. The lowest BCUT2D eigenvalue weighted by Gasteiger charge is -2.57. The maximum absolute atomic E-state index is 11.2. The van der Waals surface area contributed by atoms with Gasteiger partial charge in [0, 0.05) is 5.48 Å². The van der Waals surface area contributed by atoms with Crippen LogP contribution in [0.15, 0.2) is 0 Å². The molecule has 8 atom stereocenters. The lowest BCUT2D eigenvalue weighted by atomic mass is 9.49. The van der Waals surface area contributed by atoms with Crippen LogP contribution in [0.5, 0.6) is 0 Å². The van der Waals surface area contributed by atoms with Gasteiger partial charge in [0.1, 0.15) is 0 Å². The minimum atomic E-state index is -1.85. The summed E-state index contributed by atoms with van der Waals surface area (Å²) >= 11 is 0. The molecule has 0 unspecified atom stereocenters. The predicted octanol–water partition coefficient (Wildman–Crippen LogP) is 4.14. The van der Waals surface area contributed by atoms with E-state index in [0.29, 0.717) is 17.8 Å². The Bertz CT molecular complexity index is 582. The highest BCUT2D eigenvalue weighted by molar-refractivity contribution is 5.11. The van der Waals surface area contributed by atoms with Gasteiger partial charge in [-0.15, -0.1) is 0 Å². The molecule has 4 aliphatic carbocycles. The van der Waals surface area contributed by atoms with Crippen molar-refractivity contribution in [1.82, 2.24) is 0 Å². The van der Waals surface area contributed by atoms with Crippen molar-refractivity contribution in [2.75, 3.05) is 0 Å². The van der Waals surface area contributed by atoms with E-state index < -0.39 is 24.5 Å². The molecule has 2 nitrogen and oxygen atoms in total. The lowest BCUT2D eigenvalue weighted by molar-refractivity contribution is -0.134. The van der Waals surface area contributed by atoms with Crippen molar-refractivity contribution in [3.8, 4) is 0 Å². The Morgan fingerprint density at radius 1 is 1.05 bits per heavy atom. The van der Waals surface area contributed by atoms with E-state index in [2.05, 4.69) is 13.8 Å². The molecule has 0 bridgehead atoms. The van der Waals surface area contributed by atoms with Crippen molar-refractivity contribution >= 4 is 0 Å². The largest absolute Gasteiger partial charge is 0.393 e. The molecular formula is C20H34O2. The zero-order valence-electron chi connectivity index (χ0n) is 18.0. The van der Waals surface area contributed by atoms with E-state index in [1.54, 1.807) is 0 Å². The standard InChI is InChI=1S/C20H34O2/c1-3-20(22)11-9-18-17-6-4-13-12-14(21)5-7-15(13)16(17)8-10-19(18,20)2/h13-18,21-22H,3-12H2,1-2H3/t13-,14+,15-,16+,17+,18-,19-,20-/m0/s1/i5D2,12D2. The summed E-state index contributed by atoms with van der Waals surface area (Å²) in [4.78, 5) is 0. The third-order valence-electron chi connectivity index (χ3n) is 8.20. The van der Waals surface area contributed by atoms with Crippen molar-refractivity contribution < 1.29 is 15.7 Å². The zero-order valence-corrected chi connectivity index (χ0v) is 14.0. The summed E-state index contributed by atoms with van der Waals surface area (Å²) in [6.45, 7) is 4.35.